The molecule has 1 aromatic heterocycles. The molecule has 0 bridgehead atoms. The third kappa shape index (κ3) is 3.34. The molecule has 0 atom stereocenters. The van der Waals surface area contributed by atoms with Gasteiger partial charge in [-0.3, -0.25) is 0 Å². The summed E-state index contributed by atoms with van der Waals surface area (Å²) in [5.41, 5.74) is 3.17. The molecule has 0 spiro atoms. The maximum absolute atomic E-state index is 12.3. The van der Waals surface area contributed by atoms with Crippen molar-refractivity contribution in [2.45, 2.75) is 0 Å². The number of hydrogen-bond acceptors (Lipinski definition) is 3. The summed E-state index contributed by atoms with van der Waals surface area (Å²) in [6.07, 6.45) is 4.08. The molecule has 0 amide bonds. The summed E-state index contributed by atoms with van der Waals surface area (Å²) in [6.45, 7) is 0.0800. The molecule has 2 nitrogen and oxygen atoms in total. The van der Waals surface area contributed by atoms with Gasteiger partial charge in [0.2, 0.25) is 0 Å². The van der Waals surface area contributed by atoms with Crippen molar-refractivity contribution in [2.24, 2.45) is 0 Å². The van der Waals surface area contributed by atoms with E-state index in [4.69, 9.17) is 0 Å². The highest BCUT2D eigenvalue weighted by Crippen LogP contribution is 2.23. The number of para-hydroxylation sites is 1. The number of halogens is 1. The number of nitrogens with zero attached hydrogens (tertiary/aromatic N) is 2. The summed E-state index contributed by atoms with van der Waals surface area (Å²) < 4.78 is 13.5. The largest absolute Gasteiger partial charge is 0.372 e. The van der Waals surface area contributed by atoms with Crippen LogP contribution in [0.5, 0.6) is 0 Å². The number of rotatable bonds is 5. The summed E-state index contributed by atoms with van der Waals surface area (Å²) in [7, 11) is 1.89. The van der Waals surface area contributed by atoms with E-state index in [1.807, 2.05) is 60.5 Å². The Bertz CT molecular complexity index is 744. The SMILES string of the molecule is CN(CCF)c1ccc(/C=C/c2nc3ccccc3s2)cc1. The van der Waals surface area contributed by atoms with Crippen molar-refractivity contribution in [3.05, 3.63) is 59.1 Å². The molecular formula is C18H17FN2S. The fourth-order valence-corrected chi connectivity index (χ4v) is 3.09. The zero-order valence-corrected chi connectivity index (χ0v) is 13.2. The monoisotopic (exact) mass is 312 g/mol. The van der Waals surface area contributed by atoms with E-state index in [2.05, 4.69) is 17.1 Å². The van der Waals surface area contributed by atoms with Gasteiger partial charge in [-0.05, 0) is 35.9 Å². The first-order valence-electron chi connectivity index (χ1n) is 7.17. The van der Waals surface area contributed by atoms with Crippen LogP contribution in [0.4, 0.5) is 10.1 Å². The van der Waals surface area contributed by atoms with Crippen LogP contribution in [0.15, 0.2) is 48.5 Å². The summed E-state index contributed by atoms with van der Waals surface area (Å²) in [4.78, 5) is 6.48. The lowest BCUT2D eigenvalue weighted by Gasteiger charge is -2.17. The van der Waals surface area contributed by atoms with Gasteiger partial charge in [-0.2, -0.15) is 0 Å². The van der Waals surface area contributed by atoms with Crippen LogP contribution >= 0.6 is 11.3 Å². The molecule has 0 radical (unpaired) electrons. The van der Waals surface area contributed by atoms with Crippen LogP contribution in [0.1, 0.15) is 10.6 Å². The van der Waals surface area contributed by atoms with Gasteiger partial charge in [0, 0.05) is 19.3 Å². The van der Waals surface area contributed by atoms with Crippen LogP contribution in [0.3, 0.4) is 0 Å². The Hall–Kier alpha value is -2.20. The highest BCUT2D eigenvalue weighted by molar-refractivity contribution is 7.19. The van der Waals surface area contributed by atoms with E-state index in [1.54, 1.807) is 11.3 Å². The van der Waals surface area contributed by atoms with Gasteiger partial charge in [0.15, 0.2) is 0 Å². The Balaban J connectivity index is 1.74. The van der Waals surface area contributed by atoms with Crippen LogP contribution in [-0.2, 0) is 0 Å². The van der Waals surface area contributed by atoms with Crippen LogP contribution in [0, 0.1) is 0 Å². The summed E-state index contributed by atoms with van der Waals surface area (Å²) in [6, 6.07) is 16.2. The van der Waals surface area contributed by atoms with E-state index in [0.717, 1.165) is 21.8 Å². The summed E-state index contributed by atoms with van der Waals surface area (Å²) in [5.74, 6) is 0. The molecule has 112 valence electrons. The fourth-order valence-electron chi connectivity index (χ4n) is 2.22. The minimum absolute atomic E-state index is 0.338. The molecule has 0 N–H and O–H groups in total. The molecule has 4 heteroatoms. The third-order valence-corrected chi connectivity index (χ3v) is 4.48. The molecule has 0 aliphatic carbocycles. The second-order valence-electron chi connectivity index (χ2n) is 5.06. The van der Waals surface area contributed by atoms with E-state index in [0.29, 0.717) is 6.54 Å². The number of anilines is 1. The van der Waals surface area contributed by atoms with Gasteiger partial charge in [0.05, 0.1) is 10.2 Å². The van der Waals surface area contributed by atoms with Crippen molar-refractivity contribution in [3.8, 4) is 0 Å². The van der Waals surface area contributed by atoms with Crippen LogP contribution < -0.4 is 4.90 Å². The van der Waals surface area contributed by atoms with Gasteiger partial charge < -0.3 is 4.90 Å². The highest BCUT2D eigenvalue weighted by atomic mass is 32.1. The van der Waals surface area contributed by atoms with Crippen molar-refractivity contribution in [3.63, 3.8) is 0 Å². The molecule has 2 aromatic carbocycles. The lowest BCUT2D eigenvalue weighted by Crippen LogP contribution is -2.19. The second-order valence-corrected chi connectivity index (χ2v) is 6.12. The number of aromatic nitrogens is 1. The van der Waals surface area contributed by atoms with Crippen molar-refractivity contribution in [2.75, 3.05) is 25.2 Å². The quantitative estimate of drug-likeness (QED) is 0.668. The zero-order valence-electron chi connectivity index (χ0n) is 12.4. The van der Waals surface area contributed by atoms with Crippen molar-refractivity contribution in [1.29, 1.82) is 0 Å². The predicted octanol–water partition coefficient (Wildman–Crippen LogP) is 4.87. The topological polar surface area (TPSA) is 16.1 Å². The maximum Gasteiger partial charge on any atom is 0.117 e. The number of hydrogen-bond donors (Lipinski definition) is 0. The second kappa shape index (κ2) is 6.71. The van der Waals surface area contributed by atoms with Gasteiger partial charge in [-0.15, -0.1) is 11.3 Å². The molecule has 0 fully saturated rings. The van der Waals surface area contributed by atoms with E-state index in [-0.39, 0.29) is 6.67 Å². The fraction of sp³-hybridized carbons (Fsp3) is 0.167. The highest BCUT2D eigenvalue weighted by Gasteiger charge is 2.01. The average Bonchev–Trinajstić information content (AvgIpc) is 2.96. The maximum atomic E-state index is 12.3. The molecule has 0 saturated heterocycles. The standard InChI is InChI=1S/C18H17FN2S/c1-21(13-12-19)15-9-6-14(7-10-15)8-11-18-20-16-4-2-3-5-17(16)22-18/h2-11H,12-13H2,1H3/b11-8+. The molecule has 0 aliphatic rings. The molecule has 3 rings (SSSR count). The number of fused-ring (bicyclic) bond motifs is 1. The summed E-state index contributed by atoms with van der Waals surface area (Å²) >= 11 is 1.68. The minimum Gasteiger partial charge on any atom is -0.372 e. The van der Waals surface area contributed by atoms with Gasteiger partial charge in [0.25, 0.3) is 0 Å². The lowest BCUT2D eigenvalue weighted by molar-refractivity contribution is 0.497. The smallest absolute Gasteiger partial charge is 0.117 e. The molecule has 0 unspecified atom stereocenters. The Morgan fingerprint density at radius 1 is 1.09 bits per heavy atom. The zero-order chi connectivity index (χ0) is 15.4. The van der Waals surface area contributed by atoms with E-state index < -0.39 is 0 Å². The first-order chi connectivity index (χ1) is 10.8. The number of thiazole rings is 1. The van der Waals surface area contributed by atoms with E-state index in [9.17, 15) is 4.39 Å². The Morgan fingerprint density at radius 3 is 2.59 bits per heavy atom. The molecule has 0 saturated carbocycles. The van der Waals surface area contributed by atoms with Crippen LogP contribution in [0.2, 0.25) is 0 Å². The van der Waals surface area contributed by atoms with Crippen molar-refractivity contribution >= 4 is 39.4 Å². The normalized spacial score (nSPS) is 11.4. The molecule has 3 aromatic rings. The van der Waals surface area contributed by atoms with Gasteiger partial charge in [0.1, 0.15) is 11.7 Å². The molecular weight excluding hydrogens is 295 g/mol. The lowest BCUT2D eigenvalue weighted by atomic mass is 10.2. The Morgan fingerprint density at radius 2 is 1.86 bits per heavy atom. The first kappa shape index (κ1) is 14.7. The van der Waals surface area contributed by atoms with Gasteiger partial charge in [-0.25, -0.2) is 9.37 Å². The van der Waals surface area contributed by atoms with E-state index in [1.165, 1.54) is 4.70 Å². The Labute approximate surface area is 133 Å². The van der Waals surface area contributed by atoms with Crippen molar-refractivity contribution < 1.29 is 4.39 Å². The molecule has 1 heterocycles. The van der Waals surface area contributed by atoms with Crippen molar-refractivity contribution in [1.82, 2.24) is 4.98 Å². The molecule has 0 aliphatic heterocycles. The number of alkyl halides is 1. The van der Waals surface area contributed by atoms with Crippen LogP contribution in [0.25, 0.3) is 22.4 Å². The first-order valence-corrected chi connectivity index (χ1v) is 7.99. The van der Waals surface area contributed by atoms with Gasteiger partial charge in [-0.1, -0.05) is 30.3 Å². The minimum atomic E-state index is -0.338. The Kier molecular flexibility index (Phi) is 4.49. The van der Waals surface area contributed by atoms with Gasteiger partial charge >= 0.3 is 0 Å². The summed E-state index contributed by atoms with van der Waals surface area (Å²) in [5, 5.41) is 1.000. The third-order valence-electron chi connectivity index (χ3n) is 3.48. The van der Waals surface area contributed by atoms with Crippen LogP contribution in [-0.4, -0.2) is 25.3 Å². The average molecular weight is 312 g/mol. The number of benzene rings is 2. The molecule has 22 heavy (non-hydrogen) atoms. The predicted molar refractivity (Wildman–Crippen MR) is 94.2 cm³/mol. The van der Waals surface area contributed by atoms with E-state index >= 15 is 0 Å².